The van der Waals surface area contributed by atoms with Crippen molar-refractivity contribution in [3.8, 4) is 0 Å². The second-order valence-corrected chi connectivity index (χ2v) is 10.1. The Labute approximate surface area is 134 Å². The Morgan fingerprint density at radius 1 is 1.00 bits per heavy atom. The molecular weight excluding hydrogens is 341 g/mol. The molecule has 0 atom stereocenters. The molecule has 142 valence electrons. The third-order valence-corrected chi connectivity index (χ3v) is 3.84. The zero-order valence-electron chi connectivity index (χ0n) is 15.1. The van der Waals surface area contributed by atoms with Gasteiger partial charge in [0.15, 0.2) is 0 Å². The molecule has 1 aliphatic rings. The molecule has 9 heteroatoms. The van der Waals surface area contributed by atoms with E-state index in [4.69, 9.17) is 0 Å². The second-order valence-electron chi connectivity index (χ2n) is 8.22. The molecule has 1 aliphatic heterocycles. The zero-order valence-corrected chi connectivity index (χ0v) is 16.0. The van der Waals surface area contributed by atoms with E-state index in [9.17, 15) is 25.2 Å². The monoisotopic (exact) mass is 370 g/mol. The van der Waals surface area contributed by atoms with Crippen LogP contribution in [0.25, 0.3) is 0 Å². The molecule has 0 saturated carbocycles. The molecule has 0 aromatic rings. The van der Waals surface area contributed by atoms with E-state index in [0.29, 0.717) is 0 Å². The van der Waals surface area contributed by atoms with Gasteiger partial charge in [-0.2, -0.15) is 0 Å². The van der Waals surface area contributed by atoms with Crippen molar-refractivity contribution in [3.63, 3.8) is 0 Å². The van der Waals surface area contributed by atoms with Gasteiger partial charge in [0, 0.05) is 0 Å². The quantitative estimate of drug-likeness (QED) is 0.306. The van der Waals surface area contributed by atoms with Gasteiger partial charge in [0.05, 0.1) is 5.54 Å². The van der Waals surface area contributed by atoms with Crippen LogP contribution in [-0.4, -0.2) is 39.0 Å². The maximum atomic E-state index is 9.87. The van der Waals surface area contributed by atoms with Crippen molar-refractivity contribution in [1.29, 1.82) is 0 Å². The number of halogens is 6. The van der Waals surface area contributed by atoms with Gasteiger partial charge in [-0.25, -0.2) is 0 Å². The van der Waals surface area contributed by atoms with Crippen LogP contribution in [0.2, 0.25) is 0 Å². The number of nitrogens with zero attached hydrogens (tertiary/aromatic N) is 2. The number of hydrogen-bond acceptors (Lipinski definition) is 1. The number of hydrogen-bond donors (Lipinski definition) is 0. The minimum absolute atomic E-state index is 0.218. The SMILES string of the molecule is CCC(C)(C)[N+]1=CN(C(C)(C)C)CC1(C)C.F[P-](F)(F)(F)(F)F. The van der Waals surface area contributed by atoms with E-state index in [1.165, 1.54) is 6.42 Å². The van der Waals surface area contributed by atoms with Gasteiger partial charge in [0.2, 0.25) is 6.34 Å². The molecule has 2 nitrogen and oxygen atoms in total. The van der Waals surface area contributed by atoms with E-state index in [1.54, 1.807) is 0 Å². The van der Waals surface area contributed by atoms with Crippen molar-refractivity contribution in [3.05, 3.63) is 0 Å². The van der Waals surface area contributed by atoms with E-state index in [-0.39, 0.29) is 16.6 Å². The molecule has 1 heterocycles. The van der Waals surface area contributed by atoms with Gasteiger partial charge >= 0.3 is 33.0 Å². The molecule has 0 saturated heterocycles. The predicted octanol–water partition coefficient (Wildman–Crippen LogP) is 6.49. The summed E-state index contributed by atoms with van der Waals surface area (Å²) >= 11 is 0. The van der Waals surface area contributed by atoms with Crippen molar-refractivity contribution in [2.45, 2.75) is 78.4 Å². The fourth-order valence-electron chi connectivity index (χ4n) is 2.39. The van der Waals surface area contributed by atoms with E-state index >= 15 is 0 Å². The van der Waals surface area contributed by atoms with E-state index in [2.05, 4.69) is 71.2 Å². The Hall–Kier alpha value is -0.520. The standard InChI is InChI=1S/C14H29N2.F6P/c1-9-13(5,6)16-11-15(12(2,3)4)10-14(16,7)8;1-7(2,3,4,5)6/h11H,9-10H2,1-8H3;/q+1;-1. The molecule has 0 fully saturated rings. The van der Waals surface area contributed by atoms with Crippen molar-refractivity contribution in [2.75, 3.05) is 6.54 Å². The minimum atomic E-state index is -10.7. The van der Waals surface area contributed by atoms with E-state index in [1.807, 2.05) is 0 Å². The molecule has 0 aliphatic carbocycles. The Morgan fingerprint density at radius 3 is 1.57 bits per heavy atom. The topological polar surface area (TPSA) is 6.25 Å². The van der Waals surface area contributed by atoms with Crippen LogP contribution in [0.15, 0.2) is 0 Å². The summed E-state index contributed by atoms with van der Waals surface area (Å²) in [5.41, 5.74) is 0.687. The van der Waals surface area contributed by atoms with Gasteiger partial charge in [-0.1, -0.05) is 6.92 Å². The molecule has 0 aromatic heterocycles. The first kappa shape index (κ1) is 22.5. The molecule has 1 rings (SSSR count). The van der Waals surface area contributed by atoms with Gasteiger partial charge < -0.3 is 0 Å². The van der Waals surface area contributed by atoms with Crippen molar-refractivity contribution >= 4 is 14.1 Å². The van der Waals surface area contributed by atoms with Gasteiger partial charge in [0.1, 0.15) is 17.6 Å². The molecule has 0 N–H and O–H groups in total. The molecule has 23 heavy (non-hydrogen) atoms. The second kappa shape index (κ2) is 5.24. The van der Waals surface area contributed by atoms with Crippen molar-refractivity contribution < 1.29 is 29.8 Å². The summed E-state index contributed by atoms with van der Waals surface area (Å²) in [5.74, 6) is 0. The van der Waals surface area contributed by atoms with Crippen LogP contribution in [0.1, 0.15) is 61.8 Å². The first-order chi connectivity index (χ1) is 9.45. The summed E-state index contributed by atoms with van der Waals surface area (Å²) in [5, 5.41) is 0. The predicted molar refractivity (Wildman–Crippen MR) is 84.8 cm³/mol. The van der Waals surface area contributed by atoms with Gasteiger partial charge in [-0.15, -0.1) is 0 Å². The summed E-state index contributed by atoms with van der Waals surface area (Å²) in [6.45, 7) is 19.6. The normalized spacial score (nSPS) is 21.8. The summed E-state index contributed by atoms with van der Waals surface area (Å²) in [6, 6.07) is 0. The fraction of sp³-hybridized carbons (Fsp3) is 0.929. The Bertz CT molecular complexity index is 459. The number of rotatable bonds is 2. The Balaban J connectivity index is 0.000000585. The molecular formula is C14H29F6N2P. The summed E-state index contributed by atoms with van der Waals surface area (Å²) in [7, 11) is -10.7. The van der Waals surface area contributed by atoms with Crippen LogP contribution in [0.3, 0.4) is 0 Å². The maximum absolute atomic E-state index is 10.7. The molecule has 0 amide bonds. The summed E-state index contributed by atoms with van der Waals surface area (Å²) < 4.78 is 61.7. The average molecular weight is 370 g/mol. The average Bonchev–Trinajstić information content (AvgIpc) is 2.49. The Morgan fingerprint density at radius 2 is 1.35 bits per heavy atom. The third-order valence-electron chi connectivity index (χ3n) is 3.84. The Kier molecular flexibility index (Phi) is 5.12. The third kappa shape index (κ3) is 9.38. The molecule has 0 aromatic carbocycles. The summed E-state index contributed by atoms with van der Waals surface area (Å²) in [4.78, 5) is 2.46. The molecule has 0 unspecified atom stereocenters. The van der Waals surface area contributed by atoms with Crippen molar-refractivity contribution in [1.82, 2.24) is 4.90 Å². The van der Waals surface area contributed by atoms with Crippen LogP contribution in [-0.2, 0) is 0 Å². The van der Waals surface area contributed by atoms with Gasteiger partial charge in [-0.3, -0.25) is 9.48 Å². The molecule has 0 spiro atoms. The molecule has 0 bridgehead atoms. The van der Waals surface area contributed by atoms with Crippen LogP contribution >= 0.6 is 7.81 Å². The first-order valence-electron chi connectivity index (χ1n) is 7.43. The summed E-state index contributed by atoms with van der Waals surface area (Å²) in [6.07, 6.45) is 3.51. The van der Waals surface area contributed by atoms with Gasteiger partial charge in [0.25, 0.3) is 0 Å². The van der Waals surface area contributed by atoms with Crippen LogP contribution < -0.4 is 0 Å². The fourth-order valence-corrected chi connectivity index (χ4v) is 2.39. The molecule has 0 radical (unpaired) electrons. The zero-order chi connectivity index (χ0) is 19.2. The van der Waals surface area contributed by atoms with Crippen LogP contribution in [0.5, 0.6) is 0 Å². The van der Waals surface area contributed by atoms with E-state index < -0.39 is 7.81 Å². The first-order valence-corrected chi connectivity index (χ1v) is 9.46. The van der Waals surface area contributed by atoms with E-state index in [0.717, 1.165) is 6.54 Å². The van der Waals surface area contributed by atoms with Crippen molar-refractivity contribution in [2.24, 2.45) is 0 Å². The van der Waals surface area contributed by atoms with Crippen LogP contribution in [0, 0.1) is 0 Å². The van der Waals surface area contributed by atoms with Crippen LogP contribution in [0.4, 0.5) is 25.2 Å². The van der Waals surface area contributed by atoms with Gasteiger partial charge in [-0.05, 0) is 54.9 Å².